The van der Waals surface area contributed by atoms with Crippen LogP contribution in [0.4, 0.5) is 18.9 Å². The van der Waals surface area contributed by atoms with Crippen molar-refractivity contribution >= 4 is 21.7 Å². The van der Waals surface area contributed by atoms with Crippen molar-refractivity contribution in [2.24, 2.45) is 0 Å². The second-order valence-corrected chi connectivity index (χ2v) is 13.1. The van der Waals surface area contributed by atoms with Crippen LogP contribution in [-0.2, 0) is 32.3 Å². The van der Waals surface area contributed by atoms with Crippen LogP contribution in [0.1, 0.15) is 60.3 Å². The normalized spacial score (nSPS) is 14.5. The van der Waals surface area contributed by atoms with Crippen LogP contribution in [0.2, 0.25) is 0 Å². The number of rotatable bonds is 5. The minimum atomic E-state index is -4.61. The summed E-state index contributed by atoms with van der Waals surface area (Å²) in [6.07, 6.45) is -5.07. The molecule has 0 saturated heterocycles. The van der Waals surface area contributed by atoms with Gasteiger partial charge in [0.15, 0.2) is 6.10 Å². The number of hydrogen-bond donors (Lipinski definition) is 1. The van der Waals surface area contributed by atoms with Gasteiger partial charge in [0.2, 0.25) is 10.0 Å². The van der Waals surface area contributed by atoms with Gasteiger partial charge in [-0.25, -0.2) is 13.2 Å². The summed E-state index contributed by atoms with van der Waals surface area (Å²) in [6, 6.07) is 10.6. The molecule has 4 rings (SSSR count). The highest BCUT2D eigenvalue weighted by molar-refractivity contribution is 7.92. The number of sulfonamides is 1. The molecule has 0 fully saturated rings. The molecule has 40 heavy (non-hydrogen) atoms. The van der Waals surface area contributed by atoms with E-state index in [1.165, 1.54) is 6.07 Å². The molecule has 0 bridgehead atoms. The first-order valence-corrected chi connectivity index (χ1v) is 14.5. The fraction of sp³-hybridized carbons (Fsp3) is 0.367. The summed E-state index contributed by atoms with van der Waals surface area (Å²) in [7, 11) is -3.92. The molecule has 3 aromatic carbocycles. The lowest BCUT2D eigenvalue weighted by atomic mass is 9.79. The lowest BCUT2D eigenvalue weighted by molar-refractivity contribution is -0.160. The minimum absolute atomic E-state index is 0.154. The Balaban J connectivity index is 2.23. The maximum Gasteiger partial charge on any atom is 0.416 e. The van der Waals surface area contributed by atoms with Gasteiger partial charge in [0, 0.05) is 11.1 Å². The van der Waals surface area contributed by atoms with E-state index in [4.69, 9.17) is 4.74 Å². The van der Waals surface area contributed by atoms with E-state index in [1.807, 2.05) is 31.2 Å². The highest BCUT2D eigenvalue weighted by Crippen LogP contribution is 2.52. The molecule has 0 amide bonds. The third-order valence-electron chi connectivity index (χ3n) is 6.98. The molecule has 0 aromatic heterocycles. The van der Waals surface area contributed by atoms with Crippen LogP contribution >= 0.6 is 0 Å². The Morgan fingerprint density at radius 2 is 1.57 bits per heavy atom. The van der Waals surface area contributed by atoms with E-state index in [2.05, 4.69) is 0 Å². The van der Waals surface area contributed by atoms with Gasteiger partial charge in [0.05, 0.1) is 29.7 Å². The Morgan fingerprint density at radius 3 is 2.08 bits per heavy atom. The van der Waals surface area contributed by atoms with Crippen molar-refractivity contribution in [3.05, 3.63) is 75.8 Å². The van der Waals surface area contributed by atoms with Gasteiger partial charge in [-0.2, -0.15) is 13.2 Å². The predicted octanol–water partition coefficient (Wildman–Crippen LogP) is 7.19. The van der Waals surface area contributed by atoms with Crippen molar-refractivity contribution in [1.29, 1.82) is 0 Å². The van der Waals surface area contributed by atoms with Gasteiger partial charge in [-0.05, 0) is 87.1 Å². The Hall–Kier alpha value is -3.37. The van der Waals surface area contributed by atoms with E-state index in [-0.39, 0.29) is 23.4 Å². The molecule has 0 unspecified atom stereocenters. The first kappa shape index (κ1) is 29.6. The maximum atomic E-state index is 13.8. The Kier molecular flexibility index (Phi) is 7.34. The summed E-state index contributed by atoms with van der Waals surface area (Å²) >= 11 is 0. The molecule has 3 aromatic rings. The molecular weight excluding hydrogens is 543 g/mol. The first-order chi connectivity index (χ1) is 18.3. The zero-order chi connectivity index (χ0) is 29.9. The summed E-state index contributed by atoms with van der Waals surface area (Å²) < 4.78 is 74.7. The number of ether oxygens (including phenoxy) is 1. The smallest absolute Gasteiger partial charge is 0.416 e. The molecule has 1 aliphatic rings. The second-order valence-electron chi connectivity index (χ2n) is 11.2. The van der Waals surface area contributed by atoms with Crippen molar-refractivity contribution in [2.45, 2.75) is 66.0 Å². The van der Waals surface area contributed by atoms with Gasteiger partial charge in [0.25, 0.3) is 0 Å². The molecule has 6 nitrogen and oxygen atoms in total. The zero-order valence-corrected chi connectivity index (χ0v) is 24.2. The van der Waals surface area contributed by atoms with Gasteiger partial charge in [0.1, 0.15) is 0 Å². The number of benzene rings is 3. The van der Waals surface area contributed by atoms with E-state index in [9.17, 15) is 31.5 Å². The van der Waals surface area contributed by atoms with Crippen LogP contribution < -0.4 is 4.31 Å². The van der Waals surface area contributed by atoms with Crippen LogP contribution in [0, 0.1) is 20.8 Å². The highest BCUT2D eigenvalue weighted by atomic mass is 32.2. The molecule has 0 aliphatic carbocycles. The van der Waals surface area contributed by atoms with Gasteiger partial charge < -0.3 is 9.84 Å². The number of fused-ring (bicyclic) bond motifs is 3. The SMILES string of the molecule is Cc1ccc(-c2c(C)c3c(c(C)c2[C@H](OC(C)(C)C)C(=O)O)N(S(C)(=O)=O)Cc2ccc(C(F)(F)F)cc2-3)cc1. The molecule has 0 spiro atoms. The quantitative estimate of drug-likeness (QED) is 0.348. The van der Waals surface area contributed by atoms with Crippen molar-refractivity contribution in [2.75, 3.05) is 10.6 Å². The molecule has 1 N–H and O–H groups in total. The number of alkyl halides is 3. The largest absolute Gasteiger partial charge is 0.479 e. The van der Waals surface area contributed by atoms with E-state index in [0.29, 0.717) is 33.4 Å². The number of anilines is 1. The van der Waals surface area contributed by atoms with E-state index >= 15 is 0 Å². The average molecular weight is 576 g/mol. The Morgan fingerprint density at radius 1 is 0.975 bits per heavy atom. The molecular formula is C30H32F3NO5S. The number of nitrogens with zero attached hydrogens (tertiary/aromatic N) is 1. The van der Waals surface area contributed by atoms with Crippen molar-refractivity contribution in [3.8, 4) is 22.3 Å². The maximum absolute atomic E-state index is 13.8. The fourth-order valence-corrected chi connectivity index (χ4v) is 6.23. The number of hydrogen-bond acceptors (Lipinski definition) is 4. The van der Waals surface area contributed by atoms with Crippen LogP contribution in [-0.4, -0.2) is 31.4 Å². The number of carboxylic acids is 1. The van der Waals surface area contributed by atoms with Crippen molar-refractivity contribution in [1.82, 2.24) is 0 Å². The zero-order valence-electron chi connectivity index (χ0n) is 23.4. The van der Waals surface area contributed by atoms with Crippen molar-refractivity contribution < 1.29 is 36.2 Å². The monoisotopic (exact) mass is 575 g/mol. The van der Waals surface area contributed by atoms with Crippen LogP contribution in [0.5, 0.6) is 0 Å². The second kappa shape index (κ2) is 9.92. The highest BCUT2D eigenvalue weighted by Gasteiger charge is 2.39. The molecule has 0 saturated carbocycles. The number of halogens is 3. The van der Waals surface area contributed by atoms with Crippen LogP contribution in [0.25, 0.3) is 22.3 Å². The van der Waals surface area contributed by atoms with Gasteiger partial charge in [-0.3, -0.25) is 4.31 Å². The third-order valence-corrected chi connectivity index (χ3v) is 8.10. The lowest BCUT2D eigenvalue weighted by Crippen LogP contribution is -2.35. The van der Waals surface area contributed by atoms with Crippen LogP contribution in [0.3, 0.4) is 0 Å². The summed E-state index contributed by atoms with van der Waals surface area (Å²) in [4.78, 5) is 12.7. The fourth-order valence-electron chi connectivity index (χ4n) is 5.30. The van der Waals surface area contributed by atoms with E-state index < -0.39 is 39.4 Å². The molecule has 10 heteroatoms. The van der Waals surface area contributed by atoms with E-state index in [0.717, 1.165) is 28.3 Å². The van der Waals surface area contributed by atoms with Gasteiger partial charge >= 0.3 is 12.1 Å². The topological polar surface area (TPSA) is 83.9 Å². The summed E-state index contributed by atoms with van der Waals surface area (Å²) in [5, 5.41) is 10.4. The average Bonchev–Trinajstić information content (AvgIpc) is 2.82. The lowest BCUT2D eigenvalue weighted by Gasteiger charge is -2.37. The number of aryl methyl sites for hydroxylation is 1. The predicted molar refractivity (Wildman–Crippen MR) is 149 cm³/mol. The summed E-state index contributed by atoms with van der Waals surface area (Å²) in [5.41, 5.74) is 2.49. The standard InChI is InChI=1S/C30H32F3NO5S/c1-16-8-10-19(11-9-16)23-17(2)24-22-14-21(30(31,32)33)13-12-20(22)15-34(40(7,37)38)26(24)18(3)25(23)27(28(35)36)39-29(4,5)6/h8-14,27H,15H2,1-7H3,(H,35,36)/t27-/m0/s1. The molecule has 0 radical (unpaired) electrons. The summed E-state index contributed by atoms with van der Waals surface area (Å²) in [6.45, 7) is 10.1. The number of carbonyl (C=O) groups is 1. The molecule has 214 valence electrons. The van der Waals surface area contributed by atoms with E-state index in [1.54, 1.807) is 34.6 Å². The van der Waals surface area contributed by atoms with Gasteiger partial charge in [-0.15, -0.1) is 0 Å². The number of aliphatic carboxylic acids is 1. The minimum Gasteiger partial charge on any atom is -0.479 e. The Labute approximate surface area is 232 Å². The Bertz CT molecular complexity index is 1600. The molecule has 1 aliphatic heterocycles. The first-order valence-electron chi connectivity index (χ1n) is 12.6. The summed E-state index contributed by atoms with van der Waals surface area (Å²) in [5.74, 6) is -1.27. The van der Waals surface area contributed by atoms with Crippen LogP contribution in [0.15, 0.2) is 42.5 Å². The molecule has 1 heterocycles. The number of carboxylic acid groups (broad SMARTS) is 1. The van der Waals surface area contributed by atoms with Gasteiger partial charge in [-0.1, -0.05) is 35.9 Å². The molecule has 1 atom stereocenters. The third kappa shape index (κ3) is 5.47. The van der Waals surface area contributed by atoms with Crippen molar-refractivity contribution in [3.63, 3.8) is 0 Å².